The van der Waals surface area contributed by atoms with Gasteiger partial charge in [-0.2, -0.15) is 0 Å². The average Bonchev–Trinajstić information content (AvgIpc) is 3.42. The molecule has 2 heterocycles. The molecule has 0 amide bonds. The van der Waals surface area contributed by atoms with Gasteiger partial charge in [0.25, 0.3) is 5.69 Å². The molecule has 0 aliphatic heterocycles. The highest BCUT2D eigenvalue weighted by atomic mass is 35.5. The van der Waals surface area contributed by atoms with Crippen molar-refractivity contribution < 1.29 is 18.6 Å². The normalized spacial score (nSPS) is 11.1. The molecule has 0 aliphatic carbocycles. The lowest BCUT2D eigenvalue weighted by molar-refractivity contribution is -0.384. The summed E-state index contributed by atoms with van der Waals surface area (Å²) in [6, 6.07) is 20.0. The molecule has 148 valence electrons. The highest BCUT2D eigenvalue weighted by molar-refractivity contribution is 6.33. The van der Waals surface area contributed by atoms with Crippen LogP contribution in [-0.4, -0.2) is 10.7 Å². The standard InChI is InChI=1S/C23H14ClNO5/c24-19-4-2-1-3-18(19)22-13-14-23(30-22)20(26)11-9-17-10-12-21(29-17)15-5-7-16(8-6-15)25(27)28/h1-14H/b11-9+. The minimum Gasteiger partial charge on any atom is -0.457 e. The number of allylic oxidation sites excluding steroid dienone is 1. The van der Waals surface area contributed by atoms with E-state index in [0.717, 1.165) is 0 Å². The topological polar surface area (TPSA) is 86.5 Å². The lowest BCUT2D eigenvalue weighted by Gasteiger charge is -1.99. The summed E-state index contributed by atoms with van der Waals surface area (Å²) in [4.78, 5) is 22.7. The third kappa shape index (κ3) is 4.09. The number of hydrogen-bond acceptors (Lipinski definition) is 5. The summed E-state index contributed by atoms with van der Waals surface area (Å²) in [5, 5.41) is 11.3. The average molecular weight is 420 g/mol. The first-order valence-electron chi connectivity index (χ1n) is 8.93. The van der Waals surface area contributed by atoms with E-state index in [1.807, 2.05) is 18.2 Å². The van der Waals surface area contributed by atoms with Crippen LogP contribution in [0, 0.1) is 10.1 Å². The Morgan fingerprint density at radius 3 is 2.37 bits per heavy atom. The molecule has 4 aromatic rings. The number of ketones is 1. The van der Waals surface area contributed by atoms with Crippen LogP contribution in [0.4, 0.5) is 5.69 Å². The molecular weight excluding hydrogens is 406 g/mol. The number of rotatable bonds is 6. The van der Waals surface area contributed by atoms with Crippen LogP contribution in [0.1, 0.15) is 16.3 Å². The molecule has 0 atom stereocenters. The highest BCUT2D eigenvalue weighted by Crippen LogP contribution is 2.29. The van der Waals surface area contributed by atoms with Gasteiger partial charge in [-0.05, 0) is 60.7 Å². The quantitative estimate of drug-likeness (QED) is 0.151. The van der Waals surface area contributed by atoms with Gasteiger partial charge in [0.1, 0.15) is 17.3 Å². The number of benzene rings is 2. The molecule has 0 aliphatic rings. The van der Waals surface area contributed by atoms with E-state index in [-0.39, 0.29) is 17.2 Å². The van der Waals surface area contributed by atoms with Gasteiger partial charge < -0.3 is 8.83 Å². The number of nitrogens with zero attached hydrogens (tertiary/aromatic N) is 1. The molecule has 0 spiro atoms. The maximum absolute atomic E-state index is 12.4. The Kier molecular flexibility index (Phi) is 5.32. The lowest BCUT2D eigenvalue weighted by atomic mass is 10.1. The van der Waals surface area contributed by atoms with E-state index < -0.39 is 4.92 Å². The molecule has 30 heavy (non-hydrogen) atoms. The first-order valence-corrected chi connectivity index (χ1v) is 9.31. The maximum atomic E-state index is 12.4. The van der Waals surface area contributed by atoms with Crippen molar-refractivity contribution in [3.63, 3.8) is 0 Å². The second-order valence-corrected chi connectivity index (χ2v) is 6.75. The van der Waals surface area contributed by atoms with E-state index in [2.05, 4.69) is 0 Å². The van der Waals surface area contributed by atoms with Crippen molar-refractivity contribution in [1.29, 1.82) is 0 Å². The van der Waals surface area contributed by atoms with Gasteiger partial charge in [-0.1, -0.05) is 23.7 Å². The molecule has 0 N–H and O–H groups in total. The largest absolute Gasteiger partial charge is 0.457 e. The van der Waals surface area contributed by atoms with E-state index in [1.165, 1.54) is 24.3 Å². The molecule has 6 nitrogen and oxygen atoms in total. The van der Waals surface area contributed by atoms with Crippen LogP contribution in [0.5, 0.6) is 0 Å². The van der Waals surface area contributed by atoms with E-state index in [0.29, 0.717) is 33.4 Å². The van der Waals surface area contributed by atoms with E-state index in [9.17, 15) is 14.9 Å². The van der Waals surface area contributed by atoms with Gasteiger partial charge in [0.2, 0.25) is 5.78 Å². The SMILES string of the molecule is O=C(/C=C/c1ccc(-c2ccc([N+](=O)[O-])cc2)o1)c1ccc(-c2ccccc2Cl)o1. The van der Waals surface area contributed by atoms with Crippen LogP contribution in [0.2, 0.25) is 5.02 Å². The Morgan fingerprint density at radius 1 is 0.900 bits per heavy atom. The van der Waals surface area contributed by atoms with Crippen molar-refractivity contribution in [2.24, 2.45) is 0 Å². The number of nitro benzene ring substituents is 1. The number of nitro groups is 1. The second-order valence-electron chi connectivity index (χ2n) is 6.35. The lowest BCUT2D eigenvalue weighted by Crippen LogP contribution is -1.90. The molecule has 0 unspecified atom stereocenters. The molecule has 2 aromatic heterocycles. The summed E-state index contributed by atoms with van der Waals surface area (Å²) in [5.41, 5.74) is 1.41. The summed E-state index contributed by atoms with van der Waals surface area (Å²) in [7, 11) is 0. The van der Waals surface area contributed by atoms with Crippen LogP contribution in [0.25, 0.3) is 28.7 Å². The molecule has 2 aromatic carbocycles. The van der Waals surface area contributed by atoms with E-state index in [4.69, 9.17) is 20.4 Å². The van der Waals surface area contributed by atoms with E-state index >= 15 is 0 Å². The summed E-state index contributed by atoms with van der Waals surface area (Å²) in [5.74, 6) is 1.38. The first-order chi connectivity index (χ1) is 14.5. The summed E-state index contributed by atoms with van der Waals surface area (Å²) in [6.45, 7) is 0. The Hall–Kier alpha value is -3.90. The Labute approximate surface area is 176 Å². The van der Waals surface area contributed by atoms with Crippen molar-refractivity contribution in [2.75, 3.05) is 0 Å². The molecule has 0 bridgehead atoms. The zero-order chi connectivity index (χ0) is 21.1. The van der Waals surface area contributed by atoms with Crippen LogP contribution in [0.3, 0.4) is 0 Å². The highest BCUT2D eigenvalue weighted by Gasteiger charge is 2.12. The second kappa shape index (κ2) is 8.23. The number of carbonyl (C=O) groups is 1. The van der Waals surface area contributed by atoms with Gasteiger partial charge in [0.15, 0.2) is 5.76 Å². The monoisotopic (exact) mass is 419 g/mol. The Bertz CT molecular complexity index is 1250. The molecule has 7 heteroatoms. The van der Waals surface area contributed by atoms with Crippen LogP contribution >= 0.6 is 11.6 Å². The molecule has 0 fully saturated rings. The molecule has 0 radical (unpaired) electrons. The smallest absolute Gasteiger partial charge is 0.269 e. The first kappa shape index (κ1) is 19.4. The van der Waals surface area contributed by atoms with Crippen LogP contribution < -0.4 is 0 Å². The maximum Gasteiger partial charge on any atom is 0.269 e. The fourth-order valence-corrected chi connectivity index (χ4v) is 3.09. The zero-order valence-corrected chi connectivity index (χ0v) is 16.2. The van der Waals surface area contributed by atoms with Crippen molar-refractivity contribution >= 4 is 29.1 Å². The number of non-ortho nitro benzene ring substituents is 1. The van der Waals surface area contributed by atoms with Crippen molar-refractivity contribution in [2.45, 2.75) is 0 Å². The fourth-order valence-electron chi connectivity index (χ4n) is 2.86. The Morgan fingerprint density at radius 2 is 1.63 bits per heavy atom. The number of carbonyl (C=O) groups excluding carboxylic acids is 1. The summed E-state index contributed by atoms with van der Waals surface area (Å²) in [6.07, 6.45) is 2.89. The number of furan rings is 2. The number of hydrogen-bond donors (Lipinski definition) is 0. The fraction of sp³-hybridized carbons (Fsp3) is 0. The van der Waals surface area contributed by atoms with Gasteiger partial charge in [0.05, 0.1) is 9.95 Å². The predicted molar refractivity (Wildman–Crippen MR) is 113 cm³/mol. The van der Waals surface area contributed by atoms with Crippen LogP contribution in [0.15, 0.2) is 87.7 Å². The van der Waals surface area contributed by atoms with Gasteiger partial charge in [-0.25, -0.2) is 0 Å². The van der Waals surface area contributed by atoms with Gasteiger partial charge in [-0.3, -0.25) is 14.9 Å². The van der Waals surface area contributed by atoms with Gasteiger partial charge in [-0.15, -0.1) is 0 Å². The molecule has 0 saturated carbocycles. The third-order valence-electron chi connectivity index (χ3n) is 4.38. The Balaban J connectivity index is 1.48. The van der Waals surface area contributed by atoms with Crippen molar-refractivity contribution in [3.8, 4) is 22.6 Å². The molecule has 4 rings (SSSR count). The molecular formula is C23H14ClNO5. The van der Waals surface area contributed by atoms with E-state index in [1.54, 1.807) is 42.5 Å². The predicted octanol–water partition coefficient (Wildman–Crippen LogP) is 6.66. The summed E-state index contributed by atoms with van der Waals surface area (Å²) < 4.78 is 11.3. The summed E-state index contributed by atoms with van der Waals surface area (Å²) >= 11 is 6.16. The van der Waals surface area contributed by atoms with Crippen molar-refractivity contribution in [3.05, 3.63) is 106 Å². The zero-order valence-electron chi connectivity index (χ0n) is 15.4. The molecule has 0 saturated heterocycles. The van der Waals surface area contributed by atoms with Crippen molar-refractivity contribution in [1.82, 2.24) is 0 Å². The minimum absolute atomic E-state index is 0.00521. The number of halogens is 1. The van der Waals surface area contributed by atoms with Gasteiger partial charge in [0, 0.05) is 23.3 Å². The van der Waals surface area contributed by atoms with Crippen LogP contribution in [-0.2, 0) is 0 Å². The third-order valence-corrected chi connectivity index (χ3v) is 4.71. The van der Waals surface area contributed by atoms with Gasteiger partial charge >= 0.3 is 0 Å². The minimum atomic E-state index is -0.461.